The molecular weight excluding hydrogens is 186 g/mol. The summed E-state index contributed by atoms with van der Waals surface area (Å²) in [5, 5.41) is 0. The molecule has 2 nitrogen and oxygen atoms in total. The lowest BCUT2D eigenvalue weighted by Gasteiger charge is -2.23. The van der Waals surface area contributed by atoms with Crippen molar-refractivity contribution in [2.45, 2.75) is 53.4 Å². The first kappa shape index (κ1) is 14.0. The number of hydrogen-bond acceptors (Lipinski definition) is 1. The van der Waals surface area contributed by atoms with Gasteiger partial charge in [0, 0.05) is 18.8 Å². The normalized spacial score (nSPS) is 22.5. The van der Waals surface area contributed by atoms with Gasteiger partial charge in [0.05, 0.1) is 0 Å². The lowest BCUT2D eigenvalue weighted by atomic mass is 9.81. The van der Waals surface area contributed by atoms with Crippen LogP contribution in [0.2, 0.25) is 0 Å². The van der Waals surface area contributed by atoms with Crippen LogP contribution in [0, 0.1) is 23.2 Å². The van der Waals surface area contributed by atoms with Crippen molar-refractivity contribution in [3.05, 3.63) is 0 Å². The Kier molecular flexibility index (Phi) is 6.08. The van der Waals surface area contributed by atoms with Crippen molar-refractivity contribution >= 4 is 5.91 Å². The van der Waals surface area contributed by atoms with Gasteiger partial charge in [-0.3, -0.25) is 4.79 Å². The zero-order chi connectivity index (χ0) is 11.9. The lowest BCUT2D eigenvalue weighted by Crippen LogP contribution is -2.27. The molecule has 2 heteroatoms. The molecule has 15 heavy (non-hydrogen) atoms. The summed E-state index contributed by atoms with van der Waals surface area (Å²) in [7, 11) is 0. The molecule has 0 spiro atoms. The molecule has 0 radical (unpaired) electrons. The molecule has 1 rings (SSSR count). The van der Waals surface area contributed by atoms with E-state index in [1.54, 1.807) is 0 Å². The van der Waals surface area contributed by atoms with Crippen molar-refractivity contribution in [3.8, 4) is 11.8 Å². The van der Waals surface area contributed by atoms with E-state index in [0.29, 0.717) is 6.42 Å². The predicted octanol–water partition coefficient (Wildman–Crippen LogP) is 2.72. The molecule has 0 saturated carbocycles. The zero-order valence-electron chi connectivity index (χ0n) is 10.4. The number of amides is 1. The van der Waals surface area contributed by atoms with Crippen LogP contribution in [-0.4, -0.2) is 5.91 Å². The number of primary amides is 1. The molecule has 0 fully saturated rings. The van der Waals surface area contributed by atoms with E-state index in [9.17, 15) is 4.79 Å². The summed E-state index contributed by atoms with van der Waals surface area (Å²) in [6.45, 7) is 8.51. The summed E-state index contributed by atoms with van der Waals surface area (Å²) in [5.41, 5.74) is 5.39. The van der Waals surface area contributed by atoms with E-state index in [0.717, 1.165) is 12.8 Å². The molecule has 1 aliphatic carbocycles. The number of carbonyl (C=O) groups is 1. The average molecular weight is 209 g/mol. The molecule has 0 unspecified atom stereocenters. The Morgan fingerprint density at radius 2 is 1.93 bits per heavy atom. The van der Waals surface area contributed by atoms with E-state index >= 15 is 0 Å². The minimum Gasteiger partial charge on any atom is -0.369 e. The largest absolute Gasteiger partial charge is 0.369 e. The monoisotopic (exact) mass is 209 g/mol. The summed E-state index contributed by atoms with van der Waals surface area (Å²) in [5.74, 6) is 5.79. The van der Waals surface area contributed by atoms with E-state index in [2.05, 4.69) is 39.5 Å². The van der Waals surface area contributed by atoms with Crippen molar-refractivity contribution in [2.24, 2.45) is 17.1 Å². The Hall–Kier alpha value is -0.970. The van der Waals surface area contributed by atoms with Gasteiger partial charge in [-0.25, -0.2) is 0 Å². The lowest BCUT2D eigenvalue weighted by molar-refractivity contribution is -0.122. The van der Waals surface area contributed by atoms with Gasteiger partial charge in [0.25, 0.3) is 0 Å². The minimum atomic E-state index is -0.209. The second-order valence-electron chi connectivity index (χ2n) is 4.91. The Bertz CT molecular complexity index is 257. The van der Waals surface area contributed by atoms with Gasteiger partial charge in [-0.2, -0.15) is 0 Å². The Labute approximate surface area is 93.6 Å². The number of rotatable bonds is 1. The molecule has 0 bridgehead atoms. The molecule has 0 aromatic heterocycles. The third-order valence-corrected chi connectivity index (χ3v) is 2.24. The van der Waals surface area contributed by atoms with Gasteiger partial charge in [0.15, 0.2) is 0 Å². The standard InChI is InChI=1S/C10H15NO.C3H8/c1-10(2)6-4-3-5-8(7-10)9(11)12;1-3-2/h8H,5-7H2,1-2H3,(H2,11,12);3H2,1-2H3/t8-;/m1./s1. The topological polar surface area (TPSA) is 43.1 Å². The number of hydrogen-bond donors (Lipinski definition) is 1. The van der Waals surface area contributed by atoms with Crippen molar-refractivity contribution in [1.82, 2.24) is 0 Å². The van der Waals surface area contributed by atoms with Crippen molar-refractivity contribution in [2.75, 3.05) is 0 Å². The molecule has 0 heterocycles. The van der Waals surface area contributed by atoms with Gasteiger partial charge in [0.1, 0.15) is 0 Å². The molecule has 2 N–H and O–H groups in total. The SMILES string of the molecule is CC1(C)CC#CC[C@@H](C(N)=O)C1.CCC. The third kappa shape index (κ3) is 6.17. The quantitative estimate of drug-likeness (QED) is 0.663. The molecule has 1 amide bonds. The van der Waals surface area contributed by atoms with E-state index in [1.807, 2.05) is 0 Å². The van der Waals surface area contributed by atoms with E-state index in [4.69, 9.17) is 5.73 Å². The fraction of sp³-hybridized carbons (Fsp3) is 0.769. The molecule has 86 valence electrons. The van der Waals surface area contributed by atoms with Crippen LogP contribution in [-0.2, 0) is 4.79 Å². The minimum absolute atomic E-state index is 0.0463. The van der Waals surface area contributed by atoms with Crippen LogP contribution in [0.3, 0.4) is 0 Å². The fourth-order valence-electron chi connectivity index (χ4n) is 1.51. The van der Waals surface area contributed by atoms with Crippen molar-refractivity contribution in [3.63, 3.8) is 0 Å². The molecule has 1 aliphatic rings. The first-order valence-electron chi connectivity index (χ1n) is 5.68. The fourth-order valence-corrected chi connectivity index (χ4v) is 1.51. The molecule has 0 aromatic carbocycles. The van der Waals surface area contributed by atoms with Gasteiger partial charge < -0.3 is 5.73 Å². The van der Waals surface area contributed by atoms with Gasteiger partial charge in [-0.05, 0) is 11.8 Å². The average Bonchev–Trinajstić information content (AvgIpc) is 2.27. The second kappa shape index (κ2) is 6.50. The Morgan fingerprint density at radius 3 is 2.40 bits per heavy atom. The number of carbonyl (C=O) groups excluding carboxylic acids is 1. The maximum absolute atomic E-state index is 10.9. The molecule has 0 aromatic rings. The predicted molar refractivity (Wildman–Crippen MR) is 64.1 cm³/mol. The van der Waals surface area contributed by atoms with Crippen LogP contribution in [0.4, 0.5) is 0 Å². The Balaban J connectivity index is 0.000000583. The van der Waals surface area contributed by atoms with E-state index in [-0.39, 0.29) is 17.2 Å². The summed E-state index contributed by atoms with van der Waals surface area (Å²) in [4.78, 5) is 10.9. The van der Waals surface area contributed by atoms with Crippen LogP contribution < -0.4 is 5.73 Å². The number of nitrogens with two attached hydrogens (primary N) is 1. The van der Waals surface area contributed by atoms with Crippen LogP contribution in [0.1, 0.15) is 53.4 Å². The maximum atomic E-state index is 10.9. The second-order valence-corrected chi connectivity index (χ2v) is 4.91. The molecule has 0 aliphatic heterocycles. The van der Waals surface area contributed by atoms with Gasteiger partial charge in [0.2, 0.25) is 5.91 Å². The molecule has 1 atom stereocenters. The third-order valence-electron chi connectivity index (χ3n) is 2.24. The summed E-state index contributed by atoms with van der Waals surface area (Å²) in [6.07, 6.45) is 3.61. The van der Waals surface area contributed by atoms with Crippen molar-refractivity contribution < 1.29 is 4.79 Å². The highest BCUT2D eigenvalue weighted by atomic mass is 16.1. The first-order valence-corrected chi connectivity index (χ1v) is 5.68. The summed E-state index contributed by atoms with van der Waals surface area (Å²) < 4.78 is 0. The smallest absolute Gasteiger partial charge is 0.221 e. The summed E-state index contributed by atoms with van der Waals surface area (Å²) in [6, 6.07) is 0. The highest BCUT2D eigenvalue weighted by Gasteiger charge is 2.26. The first-order chi connectivity index (χ1) is 6.93. The summed E-state index contributed by atoms with van der Waals surface area (Å²) >= 11 is 0. The zero-order valence-corrected chi connectivity index (χ0v) is 10.4. The van der Waals surface area contributed by atoms with E-state index < -0.39 is 0 Å². The Morgan fingerprint density at radius 1 is 1.40 bits per heavy atom. The van der Waals surface area contributed by atoms with Crippen LogP contribution in [0.25, 0.3) is 0 Å². The van der Waals surface area contributed by atoms with Gasteiger partial charge >= 0.3 is 0 Å². The van der Waals surface area contributed by atoms with Gasteiger partial charge in [-0.1, -0.05) is 34.1 Å². The van der Waals surface area contributed by atoms with Gasteiger partial charge in [-0.15, -0.1) is 11.8 Å². The molecule has 0 saturated heterocycles. The highest BCUT2D eigenvalue weighted by molar-refractivity contribution is 5.77. The van der Waals surface area contributed by atoms with Crippen LogP contribution in [0.5, 0.6) is 0 Å². The van der Waals surface area contributed by atoms with Crippen molar-refractivity contribution in [1.29, 1.82) is 0 Å². The van der Waals surface area contributed by atoms with Crippen LogP contribution in [0.15, 0.2) is 0 Å². The van der Waals surface area contributed by atoms with Crippen LogP contribution >= 0.6 is 0 Å². The maximum Gasteiger partial charge on any atom is 0.221 e. The molecular formula is C13H23NO. The van der Waals surface area contributed by atoms with E-state index in [1.165, 1.54) is 6.42 Å². The highest BCUT2D eigenvalue weighted by Crippen LogP contribution is 2.31.